The fourth-order valence-corrected chi connectivity index (χ4v) is 3.75. The number of halogens is 1. The van der Waals surface area contributed by atoms with Gasteiger partial charge in [0.05, 0.1) is 18.6 Å². The minimum atomic E-state index is -0.902. The van der Waals surface area contributed by atoms with E-state index >= 15 is 0 Å². The quantitative estimate of drug-likeness (QED) is 0.245. The number of ether oxygens (including phenoxy) is 2. The lowest BCUT2D eigenvalue weighted by atomic mass is 9.83. The van der Waals surface area contributed by atoms with Gasteiger partial charge in [0.1, 0.15) is 4.32 Å². The van der Waals surface area contributed by atoms with Crippen molar-refractivity contribution in [1.29, 1.82) is 0 Å². The van der Waals surface area contributed by atoms with Gasteiger partial charge in [-0.15, -0.1) is 0 Å². The fraction of sp³-hybridized carbons (Fsp3) is 0.636. The first-order chi connectivity index (χ1) is 12.7. The van der Waals surface area contributed by atoms with Crippen molar-refractivity contribution in [2.24, 2.45) is 5.41 Å². The number of esters is 2. The van der Waals surface area contributed by atoms with Gasteiger partial charge in [-0.3, -0.25) is 9.59 Å². The molecule has 5 heteroatoms. The van der Waals surface area contributed by atoms with Gasteiger partial charge in [0.25, 0.3) is 0 Å². The topological polar surface area (TPSA) is 52.6 Å². The number of hydrogen-bond acceptors (Lipinski definition) is 4. The van der Waals surface area contributed by atoms with Crippen molar-refractivity contribution in [3.8, 4) is 0 Å². The number of rotatable bonds is 12. The monoisotopic (exact) mass is 440 g/mol. The minimum Gasteiger partial charge on any atom is -0.465 e. The van der Waals surface area contributed by atoms with Crippen LogP contribution in [0.4, 0.5) is 0 Å². The minimum absolute atomic E-state index is 0.278. The lowest BCUT2D eigenvalue weighted by Crippen LogP contribution is -2.39. The number of benzene rings is 1. The van der Waals surface area contributed by atoms with E-state index in [1.807, 2.05) is 13.0 Å². The van der Waals surface area contributed by atoms with E-state index in [1.165, 1.54) is 5.56 Å². The second-order valence-electron chi connectivity index (χ2n) is 7.83. The molecule has 0 saturated heterocycles. The standard InChI is InChI=1S/C22H33BrO4/c1-5-15-26-20(25)22(4,23)17-21(2,3)19(24)27-16-11-7-10-14-18-12-8-6-9-13-18/h6,8-9,12-13H,5,7,10-11,14-17H2,1-4H3. The molecule has 0 aliphatic heterocycles. The average molecular weight is 441 g/mol. The molecule has 0 heterocycles. The lowest BCUT2D eigenvalue weighted by Gasteiger charge is -2.30. The maximum Gasteiger partial charge on any atom is 0.322 e. The number of unbranched alkanes of at least 4 members (excludes halogenated alkanes) is 2. The molecule has 0 N–H and O–H groups in total. The molecule has 0 aliphatic rings. The molecule has 1 aromatic rings. The number of aryl methyl sites for hydroxylation is 1. The van der Waals surface area contributed by atoms with Gasteiger partial charge in [-0.25, -0.2) is 0 Å². The van der Waals surface area contributed by atoms with Crippen molar-refractivity contribution in [1.82, 2.24) is 0 Å². The zero-order valence-electron chi connectivity index (χ0n) is 17.1. The highest BCUT2D eigenvalue weighted by atomic mass is 79.9. The molecule has 0 aliphatic carbocycles. The zero-order valence-corrected chi connectivity index (χ0v) is 18.6. The van der Waals surface area contributed by atoms with Crippen LogP contribution >= 0.6 is 15.9 Å². The van der Waals surface area contributed by atoms with Crippen molar-refractivity contribution >= 4 is 27.9 Å². The fourth-order valence-electron chi connectivity index (χ4n) is 2.93. The Morgan fingerprint density at radius 2 is 1.56 bits per heavy atom. The maximum absolute atomic E-state index is 12.4. The highest BCUT2D eigenvalue weighted by Crippen LogP contribution is 2.36. The van der Waals surface area contributed by atoms with Crippen molar-refractivity contribution < 1.29 is 19.1 Å². The van der Waals surface area contributed by atoms with Gasteiger partial charge in [0.2, 0.25) is 0 Å². The third-order valence-electron chi connectivity index (χ3n) is 4.38. The summed E-state index contributed by atoms with van der Waals surface area (Å²) in [7, 11) is 0. The Morgan fingerprint density at radius 1 is 0.926 bits per heavy atom. The van der Waals surface area contributed by atoms with E-state index in [0.29, 0.717) is 19.6 Å². The molecule has 1 atom stereocenters. The van der Waals surface area contributed by atoms with E-state index in [-0.39, 0.29) is 11.9 Å². The molecule has 0 fully saturated rings. The first-order valence-electron chi connectivity index (χ1n) is 9.76. The number of alkyl halides is 1. The molecule has 0 spiro atoms. The van der Waals surface area contributed by atoms with Gasteiger partial charge in [-0.2, -0.15) is 0 Å². The second kappa shape index (κ2) is 11.5. The van der Waals surface area contributed by atoms with Crippen LogP contribution in [0.15, 0.2) is 30.3 Å². The van der Waals surface area contributed by atoms with Gasteiger partial charge in [0.15, 0.2) is 0 Å². The first kappa shape index (κ1) is 23.7. The van der Waals surface area contributed by atoms with Crippen LogP contribution in [-0.4, -0.2) is 29.5 Å². The van der Waals surface area contributed by atoms with Gasteiger partial charge in [-0.1, -0.05) is 53.2 Å². The molecule has 152 valence electrons. The Morgan fingerprint density at radius 3 is 2.19 bits per heavy atom. The molecule has 0 amide bonds. The number of carbonyl (C=O) groups excluding carboxylic acids is 2. The summed E-state index contributed by atoms with van der Waals surface area (Å²) in [6, 6.07) is 10.4. The summed E-state index contributed by atoms with van der Waals surface area (Å²) in [6.07, 6.45) is 5.07. The molecule has 4 nitrogen and oxygen atoms in total. The van der Waals surface area contributed by atoms with Crippen molar-refractivity contribution in [2.75, 3.05) is 13.2 Å². The van der Waals surface area contributed by atoms with Crippen LogP contribution in [0.1, 0.15) is 65.4 Å². The summed E-state index contributed by atoms with van der Waals surface area (Å²) in [4.78, 5) is 24.6. The Labute approximate surface area is 172 Å². The van der Waals surface area contributed by atoms with Crippen LogP contribution in [-0.2, 0) is 25.5 Å². The van der Waals surface area contributed by atoms with E-state index in [9.17, 15) is 9.59 Å². The SMILES string of the molecule is CCCOC(=O)C(C)(Br)CC(C)(C)C(=O)OCCCCCc1ccccc1. The van der Waals surface area contributed by atoms with Crippen molar-refractivity contribution in [3.63, 3.8) is 0 Å². The molecule has 1 aromatic carbocycles. The van der Waals surface area contributed by atoms with Crippen LogP contribution in [0.5, 0.6) is 0 Å². The summed E-state index contributed by atoms with van der Waals surface area (Å²) in [5.41, 5.74) is 0.565. The van der Waals surface area contributed by atoms with Gasteiger partial charge < -0.3 is 9.47 Å². The Hall–Kier alpha value is -1.36. The van der Waals surface area contributed by atoms with E-state index in [1.54, 1.807) is 20.8 Å². The Bertz CT molecular complexity index is 581. The van der Waals surface area contributed by atoms with Crippen molar-refractivity contribution in [2.45, 2.75) is 70.5 Å². The van der Waals surface area contributed by atoms with Gasteiger partial charge in [0, 0.05) is 0 Å². The zero-order chi connectivity index (χ0) is 20.3. The van der Waals surface area contributed by atoms with Crippen LogP contribution < -0.4 is 0 Å². The molecular formula is C22H33BrO4. The molecule has 0 aromatic heterocycles. The maximum atomic E-state index is 12.4. The number of carbonyl (C=O) groups is 2. The van der Waals surface area contributed by atoms with Gasteiger partial charge in [-0.05, 0) is 64.9 Å². The lowest BCUT2D eigenvalue weighted by molar-refractivity contribution is -0.156. The van der Waals surface area contributed by atoms with Crippen LogP contribution in [0.2, 0.25) is 0 Å². The average Bonchev–Trinajstić information content (AvgIpc) is 2.62. The van der Waals surface area contributed by atoms with E-state index in [2.05, 4.69) is 40.2 Å². The third kappa shape index (κ3) is 8.91. The summed E-state index contributed by atoms with van der Waals surface area (Å²) < 4.78 is 9.76. The summed E-state index contributed by atoms with van der Waals surface area (Å²) in [6.45, 7) is 8.09. The van der Waals surface area contributed by atoms with Crippen LogP contribution in [0.25, 0.3) is 0 Å². The van der Waals surface area contributed by atoms with E-state index in [4.69, 9.17) is 9.47 Å². The molecule has 0 saturated carbocycles. The highest BCUT2D eigenvalue weighted by Gasteiger charge is 2.42. The number of hydrogen-bond donors (Lipinski definition) is 0. The smallest absolute Gasteiger partial charge is 0.322 e. The van der Waals surface area contributed by atoms with Crippen LogP contribution in [0, 0.1) is 5.41 Å². The predicted molar refractivity (Wildman–Crippen MR) is 112 cm³/mol. The van der Waals surface area contributed by atoms with Crippen LogP contribution in [0.3, 0.4) is 0 Å². The molecule has 1 unspecified atom stereocenters. The highest BCUT2D eigenvalue weighted by molar-refractivity contribution is 9.10. The largest absolute Gasteiger partial charge is 0.465 e. The Balaban J connectivity index is 2.31. The van der Waals surface area contributed by atoms with Gasteiger partial charge >= 0.3 is 11.9 Å². The summed E-state index contributed by atoms with van der Waals surface area (Å²) >= 11 is 3.42. The summed E-state index contributed by atoms with van der Waals surface area (Å²) in [5.74, 6) is -0.620. The molecular weight excluding hydrogens is 408 g/mol. The second-order valence-corrected chi connectivity index (χ2v) is 9.58. The summed E-state index contributed by atoms with van der Waals surface area (Å²) in [5, 5.41) is 0. The predicted octanol–water partition coefficient (Wildman–Crippen LogP) is 5.47. The first-order valence-corrected chi connectivity index (χ1v) is 10.6. The molecule has 0 radical (unpaired) electrons. The van der Waals surface area contributed by atoms with E-state index < -0.39 is 9.74 Å². The molecule has 27 heavy (non-hydrogen) atoms. The Kier molecular flexibility index (Phi) is 10.1. The normalized spacial score (nSPS) is 13.7. The molecule has 1 rings (SSSR count). The third-order valence-corrected chi connectivity index (χ3v) is 4.98. The molecule has 0 bridgehead atoms. The van der Waals surface area contributed by atoms with E-state index in [0.717, 1.165) is 32.1 Å². The van der Waals surface area contributed by atoms with Crippen molar-refractivity contribution in [3.05, 3.63) is 35.9 Å².